The Labute approximate surface area is 206 Å². The van der Waals surface area contributed by atoms with Gasteiger partial charge in [-0.1, -0.05) is 12.1 Å². The van der Waals surface area contributed by atoms with Gasteiger partial charge in [0.2, 0.25) is 5.75 Å². The number of rotatable bonds is 13. The van der Waals surface area contributed by atoms with Gasteiger partial charge in [-0.2, -0.15) is 4.98 Å². The number of aromatic nitrogens is 2. The molecule has 0 bridgehead atoms. The van der Waals surface area contributed by atoms with E-state index < -0.39 is 22.6 Å². The van der Waals surface area contributed by atoms with Gasteiger partial charge in [-0.15, -0.1) is 0 Å². The highest BCUT2D eigenvalue weighted by Gasteiger charge is 2.24. The number of benzene rings is 2. The first-order chi connectivity index (χ1) is 17.3. The maximum absolute atomic E-state index is 13.2. The number of aliphatic hydroxyl groups is 1. The molecule has 0 aliphatic rings. The van der Waals surface area contributed by atoms with Crippen LogP contribution in [0.5, 0.6) is 34.6 Å². The Balaban J connectivity index is 2.01. The summed E-state index contributed by atoms with van der Waals surface area (Å²) in [7, 11) is -1.55. The van der Waals surface area contributed by atoms with E-state index in [2.05, 4.69) is 14.7 Å². The number of methoxy groups -OCH3 is 2. The van der Waals surface area contributed by atoms with Crippen LogP contribution in [0, 0.1) is 0 Å². The summed E-state index contributed by atoms with van der Waals surface area (Å²) in [6, 6.07) is 10.3. The zero-order chi connectivity index (χ0) is 26.1. The molecular formula is C22H23N3O10S. The number of carboxylic acids is 1. The lowest BCUT2D eigenvalue weighted by Gasteiger charge is -2.17. The van der Waals surface area contributed by atoms with E-state index in [1.54, 1.807) is 24.3 Å². The average Bonchev–Trinajstić information content (AvgIpc) is 2.87. The third kappa shape index (κ3) is 6.43. The number of hydrogen-bond donors (Lipinski definition) is 3. The molecule has 0 saturated carbocycles. The molecule has 36 heavy (non-hydrogen) atoms. The number of carbonyl (C=O) groups is 1. The molecule has 3 aromatic rings. The van der Waals surface area contributed by atoms with E-state index in [1.165, 1.54) is 26.4 Å². The number of carboxylic acid groups (broad SMARTS) is 1. The van der Waals surface area contributed by atoms with E-state index in [-0.39, 0.29) is 52.8 Å². The maximum Gasteiger partial charge on any atom is 0.341 e. The lowest BCUT2D eigenvalue weighted by molar-refractivity contribution is -0.139. The number of sulfonamides is 1. The first-order valence-electron chi connectivity index (χ1n) is 10.2. The van der Waals surface area contributed by atoms with Crippen molar-refractivity contribution in [3.63, 3.8) is 0 Å². The van der Waals surface area contributed by atoms with Gasteiger partial charge in [-0.3, -0.25) is 4.72 Å². The molecule has 3 N–H and O–H groups in total. The Morgan fingerprint density at radius 3 is 2.33 bits per heavy atom. The zero-order valence-corrected chi connectivity index (χ0v) is 20.0. The van der Waals surface area contributed by atoms with Gasteiger partial charge in [0.25, 0.3) is 15.9 Å². The summed E-state index contributed by atoms with van der Waals surface area (Å²) in [5, 5.41) is 18.0. The molecule has 0 aliphatic heterocycles. The lowest BCUT2D eigenvalue weighted by atomic mass is 10.3. The van der Waals surface area contributed by atoms with Crippen LogP contribution in [0.3, 0.4) is 0 Å². The number of hydrogen-bond acceptors (Lipinski definition) is 11. The van der Waals surface area contributed by atoms with Crippen LogP contribution >= 0.6 is 0 Å². The van der Waals surface area contributed by atoms with Crippen molar-refractivity contribution in [3.8, 4) is 34.6 Å². The summed E-state index contributed by atoms with van der Waals surface area (Å²) in [6.07, 6.45) is 1.05. The SMILES string of the molecule is COc1ccc(S(=O)(=O)Nc2ncnc(OCCO)c2Oc2ccccc2OC)cc1OCC(=O)O. The molecular weight excluding hydrogens is 498 g/mol. The monoisotopic (exact) mass is 521 g/mol. The van der Waals surface area contributed by atoms with Crippen LogP contribution in [0.1, 0.15) is 0 Å². The molecule has 0 radical (unpaired) electrons. The molecule has 0 unspecified atom stereocenters. The van der Waals surface area contributed by atoms with Gasteiger partial charge in [-0.25, -0.2) is 18.2 Å². The highest BCUT2D eigenvalue weighted by molar-refractivity contribution is 7.92. The highest BCUT2D eigenvalue weighted by Crippen LogP contribution is 2.40. The number of para-hydroxylation sites is 2. The van der Waals surface area contributed by atoms with Gasteiger partial charge in [0.1, 0.15) is 12.9 Å². The Bertz CT molecular complexity index is 1320. The van der Waals surface area contributed by atoms with E-state index in [0.717, 1.165) is 12.4 Å². The number of nitrogens with one attached hydrogen (secondary N) is 1. The summed E-state index contributed by atoms with van der Waals surface area (Å²) in [4.78, 5) is 18.6. The largest absolute Gasteiger partial charge is 0.493 e. The molecule has 192 valence electrons. The molecule has 0 atom stereocenters. The summed E-state index contributed by atoms with van der Waals surface area (Å²) in [5.74, 6) is -1.24. The van der Waals surface area contributed by atoms with E-state index in [9.17, 15) is 13.2 Å². The molecule has 1 aromatic heterocycles. The first kappa shape index (κ1) is 26.3. The quantitative estimate of drug-likeness (QED) is 0.298. The van der Waals surface area contributed by atoms with Crippen molar-refractivity contribution in [2.24, 2.45) is 0 Å². The van der Waals surface area contributed by atoms with Crippen LogP contribution < -0.4 is 28.4 Å². The average molecular weight is 522 g/mol. The second kappa shape index (κ2) is 11.9. The number of aliphatic hydroxyl groups excluding tert-OH is 1. The fourth-order valence-electron chi connectivity index (χ4n) is 2.84. The Morgan fingerprint density at radius 1 is 0.972 bits per heavy atom. The molecule has 14 heteroatoms. The Hall–Kier alpha value is -4.30. The highest BCUT2D eigenvalue weighted by atomic mass is 32.2. The van der Waals surface area contributed by atoms with Gasteiger partial charge in [0.05, 0.1) is 25.7 Å². The van der Waals surface area contributed by atoms with E-state index >= 15 is 0 Å². The second-order valence-electron chi connectivity index (χ2n) is 6.78. The van der Waals surface area contributed by atoms with Gasteiger partial charge in [0.15, 0.2) is 35.4 Å². The van der Waals surface area contributed by atoms with Gasteiger partial charge >= 0.3 is 5.97 Å². The van der Waals surface area contributed by atoms with Crippen LogP contribution in [0.15, 0.2) is 53.7 Å². The lowest BCUT2D eigenvalue weighted by Crippen LogP contribution is -2.16. The van der Waals surface area contributed by atoms with Crippen LogP contribution in [-0.2, 0) is 14.8 Å². The molecule has 0 amide bonds. The molecule has 2 aromatic carbocycles. The molecule has 0 spiro atoms. The fourth-order valence-corrected chi connectivity index (χ4v) is 3.87. The summed E-state index contributed by atoms with van der Waals surface area (Å²) < 4.78 is 55.5. The van der Waals surface area contributed by atoms with E-state index in [1.807, 2.05) is 0 Å². The predicted molar refractivity (Wildman–Crippen MR) is 125 cm³/mol. The predicted octanol–water partition coefficient (Wildman–Crippen LogP) is 1.92. The fraction of sp³-hybridized carbons (Fsp3) is 0.227. The Kier molecular flexibility index (Phi) is 8.70. The van der Waals surface area contributed by atoms with Gasteiger partial charge in [0, 0.05) is 6.07 Å². The first-order valence-corrected chi connectivity index (χ1v) is 11.7. The zero-order valence-electron chi connectivity index (χ0n) is 19.2. The summed E-state index contributed by atoms with van der Waals surface area (Å²) in [6.45, 7) is -1.18. The van der Waals surface area contributed by atoms with Gasteiger partial charge in [-0.05, 0) is 24.3 Å². The van der Waals surface area contributed by atoms with Crippen LogP contribution in [0.25, 0.3) is 0 Å². The molecule has 1 heterocycles. The van der Waals surface area contributed by atoms with Crippen molar-refractivity contribution >= 4 is 21.8 Å². The van der Waals surface area contributed by atoms with Crippen LogP contribution in [0.2, 0.25) is 0 Å². The van der Waals surface area contributed by atoms with E-state index in [0.29, 0.717) is 5.75 Å². The topological polar surface area (TPSA) is 176 Å². The molecule has 0 aliphatic carbocycles. The molecule has 3 rings (SSSR count). The Morgan fingerprint density at radius 2 is 1.67 bits per heavy atom. The van der Waals surface area contributed by atoms with E-state index in [4.69, 9.17) is 33.9 Å². The molecule has 0 fully saturated rings. The maximum atomic E-state index is 13.2. The van der Waals surface area contributed by atoms with Crippen molar-refractivity contribution in [3.05, 3.63) is 48.8 Å². The number of aliphatic carboxylic acids is 1. The minimum absolute atomic E-state index is 0.0945. The minimum Gasteiger partial charge on any atom is -0.493 e. The van der Waals surface area contributed by atoms with Crippen molar-refractivity contribution in [1.29, 1.82) is 0 Å². The smallest absolute Gasteiger partial charge is 0.341 e. The third-order valence-corrected chi connectivity index (χ3v) is 5.75. The van der Waals surface area contributed by atoms with Crippen LogP contribution in [0.4, 0.5) is 5.82 Å². The summed E-state index contributed by atoms with van der Waals surface area (Å²) >= 11 is 0. The van der Waals surface area contributed by atoms with Crippen molar-refractivity contribution in [2.45, 2.75) is 4.90 Å². The number of ether oxygens (including phenoxy) is 5. The second-order valence-corrected chi connectivity index (χ2v) is 8.46. The standard InChI is InChI=1S/C22H23N3O10S/c1-31-15-5-3-4-6-17(15)35-20-21(23-13-24-22(20)33-10-9-26)25-36(29,30)14-7-8-16(32-2)18(11-14)34-12-19(27)28/h3-8,11,13,26H,9-10,12H2,1-2H3,(H,27,28)(H,23,24,25). The van der Waals surface area contributed by atoms with Crippen molar-refractivity contribution in [1.82, 2.24) is 9.97 Å². The number of anilines is 1. The third-order valence-electron chi connectivity index (χ3n) is 4.41. The molecule has 13 nitrogen and oxygen atoms in total. The minimum atomic E-state index is -4.31. The normalized spacial score (nSPS) is 10.9. The molecule has 0 saturated heterocycles. The van der Waals surface area contributed by atoms with Crippen molar-refractivity contribution in [2.75, 3.05) is 38.8 Å². The summed E-state index contributed by atoms with van der Waals surface area (Å²) in [5.41, 5.74) is 0. The van der Waals surface area contributed by atoms with Crippen molar-refractivity contribution < 1.29 is 47.1 Å². The number of nitrogens with zero attached hydrogens (tertiary/aromatic N) is 2. The van der Waals surface area contributed by atoms with Gasteiger partial charge < -0.3 is 33.9 Å². The van der Waals surface area contributed by atoms with Crippen LogP contribution in [-0.4, -0.2) is 68.6 Å².